The summed E-state index contributed by atoms with van der Waals surface area (Å²) in [5, 5.41) is 12.4. The summed E-state index contributed by atoms with van der Waals surface area (Å²) >= 11 is 0. The lowest BCUT2D eigenvalue weighted by Gasteiger charge is -2.28. The molecule has 2 heterocycles. The van der Waals surface area contributed by atoms with Gasteiger partial charge >= 0.3 is 5.97 Å². The van der Waals surface area contributed by atoms with Crippen molar-refractivity contribution in [1.29, 1.82) is 0 Å². The fourth-order valence-corrected chi connectivity index (χ4v) is 2.52. The van der Waals surface area contributed by atoms with Crippen LogP contribution >= 0.6 is 0 Å². The molecule has 1 aliphatic rings. The van der Waals surface area contributed by atoms with E-state index in [9.17, 15) is 9.90 Å². The van der Waals surface area contributed by atoms with Crippen LogP contribution in [0.4, 0.5) is 0 Å². The van der Waals surface area contributed by atoms with Crippen molar-refractivity contribution >= 4 is 5.97 Å². The zero-order valence-corrected chi connectivity index (χ0v) is 11.0. The molecule has 0 saturated carbocycles. The number of aliphatic carboxylic acids is 1. The number of H-pyrrole nitrogens is 1. The first-order chi connectivity index (χ1) is 9.69. The molecule has 0 amide bonds. The van der Waals surface area contributed by atoms with E-state index in [2.05, 4.69) is 15.3 Å². The van der Waals surface area contributed by atoms with Crippen LogP contribution < -0.4 is 10.1 Å². The first-order valence-electron chi connectivity index (χ1n) is 6.34. The van der Waals surface area contributed by atoms with E-state index in [1.807, 2.05) is 24.3 Å². The van der Waals surface area contributed by atoms with E-state index in [1.165, 1.54) is 0 Å². The average molecular weight is 273 g/mol. The number of ether oxygens (including phenoxy) is 1. The van der Waals surface area contributed by atoms with Crippen LogP contribution in [0.1, 0.15) is 23.0 Å². The minimum Gasteiger partial charge on any atom is -0.497 e. The van der Waals surface area contributed by atoms with Crippen molar-refractivity contribution in [3.8, 4) is 5.75 Å². The fourth-order valence-electron chi connectivity index (χ4n) is 2.52. The third-order valence-electron chi connectivity index (χ3n) is 3.53. The minimum absolute atomic E-state index is 0.249. The first-order valence-corrected chi connectivity index (χ1v) is 6.34. The van der Waals surface area contributed by atoms with Gasteiger partial charge in [0, 0.05) is 12.1 Å². The van der Waals surface area contributed by atoms with Gasteiger partial charge in [-0.2, -0.15) is 0 Å². The minimum atomic E-state index is -0.863. The summed E-state index contributed by atoms with van der Waals surface area (Å²) in [4.78, 5) is 18.6. The summed E-state index contributed by atoms with van der Waals surface area (Å²) in [6, 6.07) is 6.68. The topological polar surface area (TPSA) is 87.2 Å². The van der Waals surface area contributed by atoms with E-state index in [0.717, 1.165) is 22.7 Å². The Morgan fingerprint density at radius 2 is 2.35 bits per heavy atom. The van der Waals surface area contributed by atoms with Gasteiger partial charge in [-0.05, 0) is 17.7 Å². The van der Waals surface area contributed by atoms with Gasteiger partial charge in [0.1, 0.15) is 11.8 Å². The van der Waals surface area contributed by atoms with Crippen molar-refractivity contribution in [2.24, 2.45) is 0 Å². The number of fused-ring (bicyclic) bond motifs is 1. The summed E-state index contributed by atoms with van der Waals surface area (Å²) in [6.45, 7) is 0. The number of imidazole rings is 1. The quantitative estimate of drug-likeness (QED) is 0.779. The molecule has 0 radical (unpaired) electrons. The Morgan fingerprint density at radius 1 is 1.50 bits per heavy atom. The highest BCUT2D eigenvalue weighted by atomic mass is 16.5. The predicted molar refractivity (Wildman–Crippen MR) is 71.7 cm³/mol. The molecule has 104 valence electrons. The number of carbonyl (C=O) groups is 1. The maximum Gasteiger partial charge on any atom is 0.321 e. The monoisotopic (exact) mass is 273 g/mol. The van der Waals surface area contributed by atoms with Crippen LogP contribution in [-0.4, -0.2) is 34.2 Å². The van der Waals surface area contributed by atoms with Gasteiger partial charge in [-0.3, -0.25) is 10.1 Å². The van der Waals surface area contributed by atoms with E-state index >= 15 is 0 Å². The van der Waals surface area contributed by atoms with Crippen molar-refractivity contribution in [2.75, 3.05) is 7.11 Å². The molecule has 0 aliphatic carbocycles. The lowest BCUT2D eigenvalue weighted by molar-refractivity contribution is -0.139. The molecule has 3 N–H and O–H groups in total. The van der Waals surface area contributed by atoms with Crippen molar-refractivity contribution in [3.63, 3.8) is 0 Å². The number of aromatic amines is 1. The van der Waals surface area contributed by atoms with Crippen LogP contribution in [0.3, 0.4) is 0 Å². The second-order valence-corrected chi connectivity index (χ2v) is 4.74. The SMILES string of the molecule is COc1cccc([C@@H]2N[C@H](C(=O)O)Cc3[nH]cnc32)c1. The first kappa shape index (κ1) is 12.7. The molecule has 1 aromatic carbocycles. The Bertz CT molecular complexity index is 638. The van der Waals surface area contributed by atoms with Gasteiger partial charge in [-0.25, -0.2) is 4.98 Å². The second-order valence-electron chi connectivity index (χ2n) is 4.74. The molecule has 0 saturated heterocycles. The standard InChI is InChI=1S/C14H15N3O3/c1-20-9-4-2-3-8(5-9)12-13-10(15-7-16-13)6-11(17-12)14(18)19/h2-5,7,11-12,17H,6H2,1H3,(H,15,16)(H,18,19)/t11-,12-/m0/s1. The Kier molecular flexibility index (Phi) is 3.15. The molecule has 2 aromatic rings. The van der Waals surface area contributed by atoms with Gasteiger partial charge in [0.05, 0.1) is 25.2 Å². The third-order valence-corrected chi connectivity index (χ3v) is 3.53. The van der Waals surface area contributed by atoms with Crippen molar-refractivity contribution < 1.29 is 14.6 Å². The highest BCUT2D eigenvalue weighted by Gasteiger charge is 2.33. The molecule has 0 bridgehead atoms. The Balaban J connectivity index is 2.01. The molecular formula is C14H15N3O3. The van der Waals surface area contributed by atoms with E-state index in [0.29, 0.717) is 6.42 Å². The molecule has 2 atom stereocenters. The number of nitrogens with one attached hydrogen (secondary N) is 2. The van der Waals surface area contributed by atoms with Crippen LogP contribution in [0.5, 0.6) is 5.75 Å². The molecule has 0 unspecified atom stereocenters. The number of hydrogen-bond donors (Lipinski definition) is 3. The largest absolute Gasteiger partial charge is 0.497 e. The zero-order chi connectivity index (χ0) is 14.1. The Labute approximate surface area is 115 Å². The van der Waals surface area contributed by atoms with Crippen LogP contribution in [0.15, 0.2) is 30.6 Å². The normalized spacial score (nSPS) is 21.2. The number of rotatable bonds is 3. The molecule has 6 heteroatoms. The van der Waals surface area contributed by atoms with E-state index in [1.54, 1.807) is 13.4 Å². The van der Waals surface area contributed by atoms with Crippen molar-refractivity contribution in [2.45, 2.75) is 18.5 Å². The average Bonchev–Trinajstić information content (AvgIpc) is 2.94. The molecule has 6 nitrogen and oxygen atoms in total. The lowest BCUT2D eigenvalue weighted by atomic mass is 9.94. The fraction of sp³-hybridized carbons (Fsp3) is 0.286. The Hall–Kier alpha value is -2.34. The van der Waals surface area contributed by atoms with Crippen LogP contribution in [0.25, 0.3) is 0 Å². The number of hydrogen-bond acceptors (Lipinski definition) is 4. The maximum absolute atomic E-state index is 11.3. The summed E-state index contributed by atoms with van der Waals surface area (Å²) < 4.78 is 5.22. The number of carboxylic acid groups (broad SMARTS) is 1. The van der Waals surface area contributed by atoms with Gasteiger partial charge in [-0.1, -0.05) is 12.1 Å². The van der Waals surface area contributed by atoms with E-state index in [-0.39, 0.29) is 6.04 Å². The highest BCUT2D eigenvalue weighted by molar-refractivity contribution is 5.74. The Morgan fingerprint density at radius 3 is 3.10 bits per heavy atom. The molecule has 1 aromatic heterocycles. The number of nitrogens with zero attached hydrogens (tertiary/aromatic N) is 1. The summed E-state index contributed by atoms with van der Waals surface area (Å²) in [6.07, 6.45) is 2.01. The molecule has 20 heavy (non-hydrogen) atoms. The molecule has 1 aliphatic heterocycles. The predicted octanol–water partition coefficient (Wildman–Crippen LogP) is 1.11. The molecule has 3 rings (SSSR count). The van der Waals surface area contributed by atoms with Crippen molar-refractivity contribution in [1.82, 2.24) is 15.3 Å². The number of aromatic nitrogens is 2. The number of benzene rings is 1. The summed E-state index contributed by atoms with van der Waals surface area (Å²) in [5.74, 6) is -0.128. The number of carboxylic acids is 1. The van der Waals surface area contributed by atoms with Crippen LogP contribution in [0.2, 0.25) is 0 Å². The third kappa shape index (κ3) is 2.14. The lowest BCUT2D eigenvalue weighted by Crippen LogP contribution is -2.45. The highest BCUT2D eigenvalue weighted by Crippen LogP contribution is 2.30. The summed E-state index contributed by atoms with van der Waals surface area (Å²) in [7, 11) is 1.60. The van der Waals surface area contributed by atoms with Crippen LogP contribution in [0, 0.1) is 0 Å². The van der Waals surface area contributed by atoms with Crippen LogP contribution in [-0.2, 0) is 11.2 Å². The smallest absolute Gasteiger partial charge is 0.321 e. The van der Waals surface area contributed by atoms with Gasteiger partial charge in [-0.15, -0.1) is 0 Å². The van der Waals surface area contributed by atoms with Gasteiger partial charge in [0.15, 0.2) is 0 Å². The van der Waals surface area contributed by atoms with E-state index in [4.69, 9.17) is 4.74 Å². The molecule has 0 fully saturated rings. The zero-order valence-electron chi connectivity index (χ0n) is 11.0. The van der Waals surface area contributed by atoms with Crippen molar-refractivity contribution in [3.05, 3.63) is 47.5 Å². The molecular weight excluding hydrogens is 258 g/mol. The van der Waals surface area contributed by atoms with Gasteiger partial charge in [0.2, 0.25) is 0 Å². The number of methoxy groups -OCH3 is 1. The summed E-state index contributed by atoms with van der Waals surface area (Å²) in [5.41, 5.74) is 2.64. The maximum atomic E-state index is 11.3. The second kappa shape index (κ2) is 4.97. The van der Waals surface area contributed by atoms with Gasteiger partial charge in [0.25, 0.3) is 0 Å². The van der Waals surface area contributed by atoms with E-state index < -0.39 is 12.0 Å². The molecule has 0 spiro atoms. The van der Waals surface area contributed by atoms with Gasteiger partial charge < -0.3 is 14.8 Å².